The molecule has 1 atom stereocenters. The molecule has 0 fully saturated rings. The van der Waals surface area contributed by atoms with Crippen LogP contribution in [0, 0.1) is 3.57 Å². The lowest BCUT2D eigenvalue weighted by Crippen LogP contribution is -2.10. The number of benzene rings is 1. The van der Waals surface area contributed by atoms with Crippen molar-refractivity contribution in [3.8, 4) is 0 Å². The molecule has 0 saturated carbocycles. The molecular weight excluding hydrogens is 303 g/mol. The van der Waals surface area contributed by atoms with Crippen molar-refractivity contribution in [2.45, 2.75) is 12.5 Å². The Hall–Kier alpha value is 0.130. The molecule has 0 unspecified atom stereocenters. The van der Waals surface area contributed by atoms with Crippen molar-refractivity contribution in [2.24, 2.45) is 5.73 Å². The zero-order valence-corrected chi connectivity index (χ0v) is 10.0. The summed E-state index contributed by atoms with van der Waals surface area (Å²) in [6.07, 6.45) is 0.403. The lowest BCUT2D eigenvalue weighted by atomic mass is 10.1. The van der Waals surface area contributed by atoms with Crippen LogP contribution in [0.15, 0.2) is 24.3 Å². The van der Waals surface area contributed by atoms with Gasteiger partial charge in [0.1, 0.15) is 0 Å². The molecule has 0 amide bonds. The normalized spacial score (nSPS) is 11.9. The lowest BCUT2D eigenvalue weighted by Gasteiger charge is -2.08. The van der Waals surface area contributed by atoms with Crippen molar-refractivity contribution in [1.82, 2.24) is 0 Å². The first-order valence-corrected chi connectivity index (χ1v) is 4.89. The Balaban J connectivity index is 0.00000144. The highest BCUT2D eigenvalue weighted by Crippen LogP contribution is 2.15. The van der Waals surface area contributed by atoms with Gasteiger partial charge in [-0.1, -0.05) is 12.1 Å². The second-order valence-corrected chi connectivity index (χ2v) is 3.88. The predicted molar refractivity (Wildman–Crippen MR) is 63.9 cm³/mol. The van der Waals surface area contributed by atoms with Crippen molar-refractivity contribution >= 4 is 35.0 Å². The molecule has 0 bridgehead atoms. The van der Waals surface area contributed by atoms with E-state index in [1.54, 1.807) is 0 Å². The Labute approximate surface area is 97.4 Å². The van der Waals surface area contributed by atoms with Crippen LogP contribution in [0.1, 0.15) is 18.0 Å². The number of hydrogen-bond donors (Lipinski definition) is 1. The Morgan fingerprint density at radius 2 is 1.85 bits per heavy atom. The number of halogens is 3. The number of hydrogen-bond acceptors (Lipinski definition) is 1. The van der Waals surface area contributed by atoms with Gasteiger partial charge in [0.25, 0.3) is 0 Å². The van der Waals surface area contributed by atoms with Crippen LogP contribution in [-0.2, 0) is 0 Å². The SMILES string of the molecule is Cl.N[C@H](CCF)c1ccc(I)cc1. The van der Waals surface area contributed by atoms with Crippen molar-refractivity contribution < 1.29 is 4.39 Å². The van der Waals surface area contributed by atoms with E-state index in [1.807, 2.05) is 24.3 Å². The van der Waals surface area contributed by atoms with E-state index in [1.165, 1.54) is 3.57 Å². The zero-order chi connectivity index (χ0) is 8.97. The van der Waals surface area contributed by atoms with Crippen molar-refractivity contribution in [1.29, 1.82) is 0 Å². The fraction of sp³-hybridized carbons (Fsp3) is 0.333. The molecule has 0 aliphatic heterocycles. The molecule has 4 heteroatoms. The standard InChI is InChI=1S/C9H11FIN.ClH/c10-6-5-9(12)7-1-3-8(11)4-2-7;/h1-4,9H,5-6,12H2;1H/t9-;/m1./s1. The number of rotatable bonds is 3. The van der Waals surface area contributed by atoms with Crippen molar-refractivity contribution in [3.63, 3.8) is 0 Å². The van der Waals surface area contributed by atoms with E-state index >= 15 is 0 Å². The van der Waals surface area contributed by atoms with Gasteiger partial charge in [0.15, 0.2) is 0 Å². The van der Waals surface area contributed by atoms with Gasteiger partial charge >= 0.3 is 0 Å². The average Bonchev–Trinajstić information content (AvgIpc) is 2.06. The summed E-state index contributed by atoms with van der Waals surface area (Å²) in [7, 11) is 0. The summed E-state index contributed by atoms with van der Waals surface area (Å²) in [6.45, 7) is -0.354. The second-order valence-electron chi connectivity index (χ2n) is 2.64. The molecule has 74 valence electrons. The second kappa shape index (κ2) is 6.56. The summed E-state index contributed by atoms with van der Waals surface area (Å²) in [5, 5.41) is 0. The number of alkyl halides is 1. The van der Waals surface area contributed by atoms with Crippen molar-refractivity contribution in [3.05, 3.63) is 33.4 Å². The molecule has 0 heterocycles. The first-order valence-electron chi connectivity index (χ1n) is 3.81. The van der Waals surface area contributed by atoms with Gasteiger partial charge in [-0.2, -0.15) is 0 Å². The summed E-state index contributed by atoms with van der Waals surface area (Å²) < 4.78 is 13.1. The van der Waals surface area contributed by atoms with Gasteiger partial charge in [-0.25, -0.2) is 0 Å². The van der Waals surface area contributed by atoms with E-state index in [9.17, 15) is 4.39 Å². The molecule has 0 saturated heterocycles. The van der Waals surface area contributed by atoms with Gasteiger partial charge in [0.05, 0.1) is 6.67 Å². The van der Waals surface area contributed by atoms with Crippen LogP contribution in [0.4, 0.5) is 4.39 Å². The maximum Gasteiger partial charge on any atom is 0.0912 e. The van der Waals surface area contributed by atoms with E-state index in [-0.39, 0.29) is 25.1 Å². The van der Waals surface area contributed by atoms with Crippen LogP contribution in [0.5, 0.6) is 0 Å². The third-order valence-corrected chi connectivity index (χ3v) is 2.44. The first kappa shape index (κ1) is 13.1. The third kappa shape index (κ3) is 4.24. The van der Waals surface area contributed by atoms with Gasteiger partial charge in [-0.05, 0) is 46.7 Å². The van der Waals surface area contributed by atoms with Crippen LogP contribution >= 0.6 is 35.0 Å². The summed E-state index contributed by atoms with van der Waals surface area (Å²) in [5.74, 6) is 0. The minimum absolute atomic E-state index is 0. The van der Waals surface area contributed by atoms with Gasteiger partial charge in [0, 0.05) is 9.61 Å². The van der Waals surface area contributed by atoms with E-state index in [4.69, 9.17) is 5.73 Å². The third-order valence-electron chi connectivity index (χ3n) is 1.72. The fourth-order valence-electron chi connectivity index (χ4n) is 0.994. The summed E-state index contributed by atoms with van der Waals surface area (Å²) in [4.78, 5) is 0. The Morgan fingerprint density at radius 1 is 1.31 bits per heavy atom. The minimum Gasteiger partial charge on any atom is -0.324 e. The number of nitrogens with two attached hydrogens (primary N) is 1. The highest BCUT2D eigenvalue weighted by Gasteiger charge is 2.04. The Kier molecular flexibility index (Phi) is 6.63. The molecule has 1 rings (SSSR count). The highest BCUT2D eigenvalue weighted by molar-refractivity contribution is 14.1. The lowest BCUT2D eigenvalue weighted by molar-refractivity contribution is 0.442. The maximum absolute atomic E-state index is 11.9. The Bertz CT molecular complexity index is 240. The summed E-state index contributed by atoms with van der Waals surface area (Å²) in [6, 6.07) is 7.69. The van der Waals surface area contributed by atoms with Crippen LogP contribution < -0.4 is 5.73 Å². The monoisotopic (exact) mass is 315 g/mol. The molecular formula is C9H12ClFIN. The first-order chi connectivity index (χ1) is 5.74. The summed E-state index contributed by atoms with van der Waals surface area (Å²) in [5.41, 5.74) is 6.72. The van der Waals surface area contributed by atoms with E-state index in [0.29, 0.717) is 6.42 Å². The van der Waals surface area contributed by atoms with Gasteiger partial charge in [-0.15, -0.1) is 12.4 Å². The maximum atomic E-state index is 11.9. The fourth-order valence-corrected chi connectivity index (χ4v) is 1.35. The molecule has 1 nitrogen and oxygen atoms in total. The molecule has 0 aromatic heterocycles. The molecule has 13 heavy (non-hydrogen) atoms. The largest absolute Gasteiger partial charge is 0.324 e. The van der Waals surface area contributed by atoms with Crippen molar-refractivity contribution in [2.75, 3.05) is 6.67 Å². The average molecular weight is 316 g/mol. The minimum atomic E-state index is -0.354. The Morgan fingerprint density at radius 3 is 2.31 bits per heavy atom. The highest BCUT2D eigenvalue weighted by atomic mass is 127. The van der Waals surface area contributed by atoms with Crippen LogP contribution in [0.3, 0.4) is 0 Å². The van der Waals surface area contributed by atoms with Crippen LogP contribution in [0.25, 0.3) is 0 Å². The predicted octanol–water partition coefficient (Wildman–Crippen LogP) is 3.07. The van der Waals surface area contributed by atoms with Crippen LogP contribution in [-0.4, -0.2) is 6.67 Å². The molecule has 0 aliphatic rings. The molecule has 1 aromatic rings. The smallest absolute Gasteiger partial charge is 0.0912 e. The van der Waals surface area contributed by atoms with E-state index in [0.717, 1.165) is 5.56 Å². The molecule has 0 radical (unpaired) electrons. The topological polar surface area (TPSA) is 26.0 Å². The molecule has 0 aliphatic carbocycles. The quantitative estimate of drug-likeness (QED) is 0.852. The van der Waals surface area contributed by atoms with E-state index in [2.05, 4.69) is 22.6 Å². The molecule has 0 spiro atoms. The molecule has 2 N–H and O–H groups in total. The van der Waals surface area contributed by atoms with Gasteiger partial charge in [0.2, 0.25) is 0 Å². The summed E-state index contributed by atoms with van der Waals surface area (Å²) >= 11 is 2.23. The van der Waals surface area contributed by atoms with Gasteiger partial charge in [-0.3, -0.25) is 4.39 Å². The van der Waals surface area contributed by atoms with Crippen LogP contribution in [0.2, 0.25) is 0 Å². The van der Waals surface area contributed by atoms with E-state index < -0.39 is 0 Å². The van der Waals surface area contributed by atoms with Gasteiger partial charge < -0.3 is 5.73 Å². The zero-order valence-electron chi connectivity index (χ0n) is 7.04. The molecule has 1 aromatic carbocycles.